The van der Waals surface area contributed by atoms with Crippen LogP contribution in [-0.4, -0.2) is 28.2 Å². The molecule has 0 saturated carbocycles. The lowest BCUT2D eigenvalue weighted by atomic mass is 9.88. The largest absolute Gasteiger partial charge is 0.396 e. The third-order valence-electron chi connectivity index (χ3n) is 3.10. The van der Waals surface area contributed by atoms with Crippen molar-refractivity contribution in [1.29, 1.82) is 0 Å². The molecule has 90 valence electrons. The summed E-state index contributed by atoms with van der Waals surface area (Å²) in [5.74, 6) is 0. The maximum absolute atomic E-state index is 9.30. The molecule has 4 heteroatoms. The van der Waals surface area contributed by atoms with Crippen molar-refractivity contribution >= 4 is 0 Å². The molecule has 0 aliphatic heterocycles. The molecule has 0 aromatic carbocycles. The van der Waals surface area contributed by atoms with Crippen LogP contribution in [0, 0.1) is 5.41 Å². The Labute approximate surface area is 97.1 Å². The minimum absolute atomic E-state index is 0.0591. The van der Waals surface area contributed by atoms with Gasteiger partial charge in [0.2, 0.25) is 0 Å². The zero-order valence-corrected chi connectivity index (χ0v) is 10.3. The highest BCUT2D eigenvalue weighted by Crippen LogP contribution is 2.20. The Kier molecular flexibility index (Phi) is 4.83. The molecule has 16 heavy (non-hydrogen) atoms. The first-order valence-electron chi connectivity index (χ1n) is 5.71. The fourth-order valence-electron chi connectivity index (χ4n) is 1.33. The van der Waals surface area contributed by atoms with Crippen LogP contribution < -0.4 is 5.32 Å². The summed E-state index contributed by atoms with van der Waals surface area (Å²) < 4.78 is 0. The van der Waals surface area contributed by atoms with Gasteiger partial charge in [0.1, 0.15) is 0 Å². The zero-order chi connectivity index (χ0) is 12.0. The molecular weight excluding hydrogens is 202 g/mol. The molecule has 2 atom stereocenters. The van der Waals surface area contributed by atoms with E-state index in [-0.39, 0.29) is 18.1 Å². The van der Waals surface area contributed by atoms with Crippen LogP contribution in [0.1, 0.15) is 38.9 Å². The van der Waals surface area contributed by atoms with Crippen LogP contribution in [0.25, 0.3) is 0 Å². The van der Waals surface area contributed by atoms with Gasteiger partial charge in [-0.3, -0.25) is 9.97 Å². The number of rotatable bonds is 6. The molecule has 0 aliphatic rings. The van der Waals surface area contributed by atoms with Gasteiger partial charge in [-0.25, -0.2) is 0 Å². The first-order valence-corrected chi connectivity index (χ1v) is 5.71. The first kappa shape index (κ1) is 13.1. The van der Waals surface area contributed by atoms with E-state index in [1.165, 1.54) is 0 Å². The predicted octanol–water partition coefficient (Wildman–Crippen LogP) is 1.54. The van der Waals surface area contributed by atoms with E-state index in [1.54, 1.807) is 18.6 Å². The highest BCUT2D eigenvalue weighted by Gasteiger charge is 2.21. The summed E-state index contributed by atoms with van der Waals surface area (Å²) >= 11 is 0. The summed E-state index contributed by atoms with van der Waals surface area (Å²) in [5.41, 5.74) is 0.870. The van der Waals surface area contributed by atoms with E-state index in [1.807, 2.05) is 0 Å². The maximum Gasteiger partial charge on any atom is 0.0753 e. The molecule has 0 amide bonds. The van der Waals surface area contributed by atoms with E-state index in [2.05, 4.69) is 36.1 Å². The van der Waals surface area contributed by atoms with Gasteiger partial charge in [-0.05, 0) is 13.3 Å². The lowest BCUT2D eigenvalue weighted by Gasteiger charge is -2.27. The van der Waals surface area contributed by atoms with Gasteiger partial charge in [0.05, 0.1) is 5.69 Å². The third kappa shape index (κ3) is 3.54. The van der Waals surface area contributed by atoms with Gasteiger partial charge in [0.15, 0.2) is 0 Å². The lowest BCUT2D eigenvalue weighted by molar-refractivity contribution is 0.132. The van der Waals surface area contributed by atoms with Gasteiger partial charge in [0, 0.05) is 43.2 Å². The first-order chi connectivity index (χ1) is 7.61. The highest BCUT2D eigenvalue weighted by atomic mass is 16.3. The van der Waals surface area contributed by atoms with Crippen LogP contribution in [0.3, 0.4) is 0 Å². The van der Waals surface area contributed by atoms with Crippen molar-refractivity contribution in [1.82, 2.24) is 15.3 Å². The number of nitrogens with zero attached hydrogens (tertiary/aromatic N) is 2. The van der Waals surface area contributed by atoms with E-state index in [9.17, 15) is 5.11 Å². The topological polar surface area (TPSA) is 58.0 Å². The van der Waals surface area contributed by atoms with Crippen LogP contribution >= 0.6 is 0 Å². The summed E-state index contributed by atoms with van der Waals surface area (Å²) in [4.78, 5) is 8.28. The van der Waals surface area contributed by atoms with Crippen molar-refractivity contribution in [3.05, 3.63) is 24.3 Å². The fourth-order valence-corrected chi connectivity index (χ4v) is 1.33. The zero-order valence-electron chi connectivity index (χ0n) is 10.3. The summed E-state index contributed by atoms with van der Waals surface area (Å²) in [5, 5.41) is 12.7. The second kappa shape index (κ2) is 5.92. The summed E-state index contributed by atoms with van der Waals surface area (Å²) in [7, 11) is 0. The van der Waals surface area contributed by atoms with Crippen molar-refractivity contribution < 1.29 is 5.11 Å². The molecule has 1 aromatic rings. The van der Waals surface area contributed by atoms with Crippen LogP contribution in [0.2, 0.25) is 0 Å². The van der Waals surface area contributed by atoms with Crippen LogP contribution in [0.15, 0.2) is 18.6 Å². The number of nitrogens with one attached hydrogen (secondary N) is 1. The van der Waals surface area contributed by atoms with E-state index < -0.39 is 0 Å². The molecule has 1 aromatic heterocycles. The van der Waals surface area contributed by atoms with E-state index in [4.69, 9.17) is 0 Å². The minimum Gasteiger partial charge on any atom is -0.396 e. The molecule has 4 nitrogen and oxygen atoms in total. The molecule has 1 heterocycles. The minimum atomic E-state index is -0.0591. The summed E-state index contributed by atoms with van der Waals surface area (Å²) in [6, 6.07) is 0.158. The highest BCUT2D eigenvalue weighted by molar-refractivity contribution is 5.00. The SMILES string of the molecule is CCC(C)(CO)CNC(C)c1cnccn1. The van der Waals surface area contributed by atoms with Gasteiger partial charge in [-0.1, -0.05) is 13.8 Å². The molecular formula is C12H21N3O. The maximum atomic E-state index is 9.30. The molecule has 0 bridgehead atoms. The number of hydrogen-bond acceptors (Lipinski definition) is 4. The number of aliphatic hydroxyl groups excluding tert-OH is 1. The normalized spacial score (nSPS) is 16.8. The average molecular weight is 223 g/mol. The summed E-state index contributed by atoms with van der Waals surface area (Å²) in [6.45, 7) is 7.19. The third-order valence-corrected chi connectivity index (χ3v) is 3.10. The molecule has 0 fully saturated rings. The quantitative estimate of drug-likeness (QED) is 0.768. The lowest BCUT2D eigenvalue weighted by Crippen LogP contribution is -2.35. The Balaban J connectivity index is 2.50. The molecule has 0 spiro atoms. The van der Waals surface area contributed by atoms with Crippen molar-refractivity contribution in [3.63, 3.8) is 0 Å². The second-order valence-electron chi connectivity index (χ2n) is 4.56. The smallest absolute Gasteiger partial charge is 0.0753 e. The molecule has 2 unspecified atom stereocenters. The number of aliphatic hydroxyl groups is 1. The Bertz CT molecular complexity index is 298. The van der Waals surface area contributed by atoms with Gasteiger partial charge in [-0.2, -0.15) is 0 Å². The predicted molar refractivity (Wildman–Crippen MR) is 63.9 cm³/mol. The standard InChI is InChI=1S/C12H21N3O/c1-4-12(3,9-16)8-15-10(2)11-7-13-5-6-14-11/h5-7,10,15-16H,4,8-9H2,1-3H3. The van der Waals surface area contributed by atoms with Gasteiger partial charge < -0.3 is 10.4 Å². The Morgan fingerprint density at radius 1 is 1.50 bits per heavy atom. The number of aromatic nitrogens is 2. The van der Waals surface area contributed by atoms with Gasteiger partial charge in [0.25, 0.3) is 0 Å². The van der Waals surface area contributed by atoms with Crippen LogP contribution in [0.4, 0.5) is 0 Å². The molecule has 1 rings (SSSR count). The Morgan fingerprint density at radius 2 is 2.25 bits per heavy atom. The Hall–Kier alpha value is -1.00. The van der Waals surface area contributed by atoms with Gasteiger partial charge >= 0.3 is 0 Å². The van der Waals surface area contributed by atoms with Crippen molar-refractivity contribution in [3.8, 4) is 0 Å². The van der Waals surface area contributed by atoms with Crippen molar-refractivity contribution in [2.75, 3.05) is 13.2 Å². The fraction of sp³-hybridized carbons (Fsp3) is 0.667. The van der Waals surface area contributed by atoms with E-state index in [0.29, 0.717) is 0 Å². The average Bonchev–Trinajstić information content (AvgIpc) is 2.36. The van der Waals surface area contributed by atoms with Crippen molar-refractivity contribution in [2.45, 2.75) is 33.2 Å². The molecule has 2 N–H and O–H groups in total. The molecule has 0 saturated heterocycles. The van der Waals surface area contributed by atoms with E-state index >= 15 is 0 Å². The van der Waals surface area contributed by atoms with Crippen LogP contribution in [-0.2, 0) is 0 Å². The monoisotopic (exact) mass is 223 g/mol. The van der Waals surface area contributed by atoms with E-state index in [0.717, 1.165) is 18.7 Å². The molecule has 0 radical (unpaired) electrons. The number of hydrogen-bond donors (Lipinski definition) is 2. The molecule has 0 aliphatic carbocycles. The van der Waals surface area contributed by atoms with Gasteiger partial charge in [-0.15, -0.1) is 0 Å². The van der Waals surface area contributed by atoms with Crippen molar-refractivity contribution in [2.24, 2.45) is 5.41 Å². The van der Waals surface area contributed by atoms with Crippen LogP contribution in [0.5, 0.6) is 0 Å². The Morgan fingerprint density at radius 3 is 2.75 bits per heavy atom. The second-order valence-corrected chi connectivity index (χ2v) is 4.56. The summed E-state index contributed by atoms with van der Waals surface area (Å²) in [6.07, 6.45) is 6.07.